The SMILES string of the molecule is O=S(=O)(NCCCn1cccn1)c1cccc(-c2ccc3c(c2)OCCO3)c1. The van der Waals surface area contributed by atoms with Crippen LogP contribution in [0.4, 0.5) is 0 Å². The van der Waals surface area contributed by atoms with E-state index < -0.39 is 10.0 Å². The average molecular weight is 399 g/mol. The molecule has 0 amide bonds. The Labute approximate surface area is 164 Å². The summed E-state index contributed by atoms with van der Waals surface area (Å²) < 4.78 is 40.8. The molecule has 0 spiro atoms. The van der Waals surface area contributed by atoms with E-state index in [0.717, 1.165) is 11.1 Å². The van der Waals surface area contributed by atoms with Crippen molar-refractivity contribution in [3.8, 4) is 22.6 Å². The smallest absolute Gasteiger partial charge is 0.240 e. The van der Waals surface area contributed by atoms with Crippen molar-refractivity contribution in [2.45, 2.75) is 17.9 Å². The van der Waals surface area contributed by atoms with E-state index in [1.165, 1.54) is 0 Å². The van der Waals surface area contributed by atoms with Gasteiger partial charge in [-0.1, -0.05) is 18.2 Å². The quantitative estimate of drug-likeness (QED) is 0.618. The van der Waals surface area contributed by atoms with Crippen LogP contribution in [-0.4, -0.2) is 38.0 Å². The van der Waals surface area contributed by atoms with Gasteiger partial charge in [-0.05, 0) is 47.9 Å². The van der Waals surface area contributed by atoms with E-state index in [4.69, 9.17) is 9.47 Å². The van der Waals surface area contributed by atoms with Crippen molar-refractivity contribution in [2.75, 3.05) is 19.8 Å². The number of nitrogens with zero attached hydrogens (tertiary/aromatic N) is 2. The zero-order chi connectivity index (χ0) is 19.4. The minimum absolute atomic E-state index is 0.235. The van der Waals surface area contributed by atoms with Crippen LogP contribution in [-0.2, 0) is 16.6 Å². The molecule has 8 heteroatoms. The molecule has 1 aliphatic heterocycles. The van der Waals surface area contributed by atoms with E-state index >= 15 is 0 Å². The predicted molar refractivity (Wildman–Crippen MR) is 105 cm³/mol. The fourth-order valence-electron chi connectivity index (χ4n) is 3.03. The summed E-state index contributed by atoms with van der Waals surface area (Å²) in [5.74, 6) is 1.38. The van der Waals surface area contributed by atoms with Crippen molar-refractivity contribution in [1.29, 1.82) is 0 Å². The van der Waals surface area contributed by atoms with Crippen LogP contribution in [0.5, 0.6) is 11.5 Å². The molecule has 0 saturated carbocycles. The molecule has 1 aliphatic rings. The number of nitrogens with one attached hydrogen (secondary N) is 1. The average Bonchev–Trinajstić information content (AvgIpc) is 3.24. The summed E-state index contributed by atoms with van der Waals surface area (Å²) in [5.41, 5.74) is 1.68. The number of fused-ring (bicyclic) bond motifs is 1. The predicted octanol–water partition coefficient (Wildman–Crippen LogP) is 2.69. The van der Waals surface area contributed by atoms with Gasteiger partial charge in [-0.3, -0.25) is 4.68 Å². The molecule has 4 rings (SSSR count). The summed E-state index contributed by atoms with van der Waals surface area (Å²) >= 11 is 0. The van der Waals surface area contributed by atoms with E-state index in [2.05, 4.69) is 9.82 Å². The Morgan fingerprint density at radius 3 is 2.64 bits per heavy atom. The number of hydrogen-bond donors (Lipinski definition) is 1. The molecule has 0 aliphatic carbocycles. The van der Waals surface area contributed by atoms with Crippen molar-refractivity contribution in [3.05, 3.63) is 60.9 Å². The minimum atomic E-state index is -3.58. The lowest BCUT2D eigenvalue weighted by Gasteiger charge is -2.19. The van der Waals surface area contributed by atoms with Crippen molar-refractivity contribution < 1.29 is 17.9 Å². The third kappa shape index (κ3) is 4.18. The van der Waals surface area contributed by atoms with Gasteiger partial charge < -0.3 is 9.47 Å². The normalized spacial score (nSPS) is 13.4. The van der Waals surface area contributed by atoms with Gasteiger partial charge in [-0.25, -0.2) is 13.1 Å². The first-order chi connectivity index (χ1) is 13.6. The van der Waals surface area contributed by atoms with Gasteiger partial charge in [0.25, 0.3) is 0 Å². The van der Waals surface area contributed by atoms with Gasteiger partial charge >= 0.3 is 0 Å². The molecular formula is C20H21N3O4S. The summed E-state index contributed by atoms with van der Waals surface area (Å²) in [6.45, 7) is 2.04. The van der Waals surface area contributed by atoms with Crippen molar-refractivity contribution in [3.63, 3.8) is 0 Å². The number of hydrogen-bond acceptors (Lipinski definition) is 5. The lowest BCUT2D eigenvalue weighted by atomic mass is 10.1. The van der Waals surface area contributed by atoms with Gasteiger partial charge in [0.1, 0.15) is 13.2 Å². The molecule has 3 aromatic rings. The summed E-state index contributed by atoms with van der Waals surface area (Å²) in [5, 5.41) is 4.10. The monoisotopic (exact) mass is 399 g/mol. The molecule has 1 N–H and O–H groups in total. The highest BCUT2D eigenvalue weighted by molar-refractivity contribution is 7.89. The number of aryl methyl sites for hydroxylation is 1. The van der Waals surface area contributed by atoms with Crippen LogP contribution in [0.2, 0.25) is 0 Å². The summed E-state index contributed by atoms with van der Waals surface area (Å²) in [6, 6.07) is 14.3. The standard InChI is InChI=1S/C20H21N3O4S/c24-28(25,22-9-3-11-23-10-2-8-21-23)18-5-1-4-16(14-18)17-6-7-19-20(15-17)27-13-12-26-19/h1-2,4-8,10,14-15,22H,3,9,11-13H2. The molecule has 0 fully saturated rings. The Hall–Kier alpha value is -2.84. The second kappa shape index (κ2) is 8.04. The Morgan fingerprint density at radius 1 is 1.00 bits per heavy atom. The van der Waals surface area contributed by atoms with E-state index in [1.54, 1.807) is 29.1 Å². The van der Waals surface area contributed by atoms with Crippen LogP contribution < -0.4 is 14.2 Å². The summed E-state index contributed by atoms with van der Waals surface area (Å²) in [4.78, 5) is 0.235. The second-order valence-corrected chi connectivity index (χ2v) is 8.17. The molecule has 0 unspecified atom stereocenters. The van der Waals surface area contributed by atoms with Crippen LogP contribution in [0.25, 0.3) is 11.1 Å². The first kappa shape index (κ1) is 18.5. The molecule has 7 nitrogen and oxygen atoms in total. The Balaban J connectivity index is 1.46. The molecule has 0 bridgehead atoms. The Bertz CT molecular complexity index is 1050. The van der Waals surface area contributed by atoms with Crippen molar-refractivity contribution in [2.24, 2.45) is 0 Å². The van der Waals surface area contributed by atoms with Gasteiger partial charge in [-0.15, -0.1) is 0 Å². The molecule has 0 radical (unpaired) electrons. The number of ether oxygens (including phenoxy) is 2. The molecule has 2 aromatic carbocycles. The highest BCUT2D eigenvalue weighted by Crippen LogP contribution is 2.34. The topological polar surface area (TPSA) is 82.5 Å². The van der Waals surface area contributed by atoms with Crippen LogP contribution in [0.15, 0.2) is 65.8 Å². The van der Waals surface area contributed by atoms with Gasteiger partial charge in [0, 0.05) is 25.5 Å². The summed E-state index contributed by atoms with van der Waals surface area (Å²) in [7, 11) is -3.58. The Kier molecular flexibility index (Phi) is 5.31. The first-order valence-corrected chi connectivity index (χ1v) is 10.6. The summed E-state index contributed by atoms with van der Waals surface area (Å²) in [6.07, 6.45) is 4.21. The van der Waals surface area contributed by atoms with Gasteiger partial charge in [0.05, 0.1) is 4.90 Å². The van der Waals surface area contributed by atoms with Gasteiger partial charge in [0.15, 0.2) is 11.5 Å². The maximum absolute atomic E-state index is 12.6. The molecule has 1 aromatic heterocycles. The largest absolute Gasteiger partial charge is 0.486 e. The van der Waals surface area contributed by atoms with E-state index in [1.807, 2.05) is 36.5 Å². The second-order valence-electron chi connectivity index (χ2n) is 6.41. The van der Waals surface area contributed by atoms with E-state index in [9.17, 15) is 8.42 Å². The van der Waals surface area contributed by atoms with Crippen LogP contribution >= 0.6 is 0 Å². The zero-order valence-corrected chi connectivity index (χ0v) is 16.1. The third-order valence-electron chi connectivity index (χ3n) is 4.44. The maximum atomic E-state index is 12.6. The van der Waals surface area contributed by atoms with E-state index in [0.29, 0.717) is 44.2 Å². The molecule has 0 saturated heterocycles. The third-order valence-corrected chi connectivity index (χ3v) is 5.89. The first-order valence-electron chi connectivity index (χ1n) is 9.09. The molecule has 2 heterocycles. The van der Waals surface area contributed by atoms with Crippen LogP contribution in [0.3, 0.4) is 0 Å². The highest BCUT2D eigenvalue weighted by Gasteiger charge is 2.16. The molecule has 28 heavy (non-hydrogen) atoms. The van der Waals surface area contributed by atoms with E-state index in [-0.39, 0.29) is 4.90 Å². The number of sulfonamides is 1. The number of aromatic nitrogens is 2. The van der Waals surface area contributed by atoms with Gasteiger partial charge in [0.2, 0.25) is 10.0 Å². The fourth-order valence-corrected chi connectivity index (χ4v) is 4.15. The van der Waals surface area contributed by atoms with Crippen LogP contribution in [0.1, 0.15) is 6.42 Å². The number of rotatable bonds is 7. The molecular weight excluding hydrogens is 378 g/mol. The minimum Gasteiger partial charge on any atom is -0.486 e. The van der Waals surface area contributed by atoms with Gasteiger partial charge in [-0.2, -0.15) is 5.10 Å². The van der Waals surface area contributed by atoms with Crippen molar-refractivity contribution >= 4 is 10.0 Å². The van der Waals surface area contributed by atoms with Crippen molar-refractivity contribution in [1.82, 2.24) is 14.5 Å². The molecule has 146 valence electrons. The maximum Gasteiger partial charge on any atom is 0.240 e. The lowest BCUT2D eigenvalue weighted by Crippen LogP contribution is -2.25. The fraction of sp³-hybridized carbons (Fsp3) is 0.250. The number of benzene rings is 2. The lowest BCUT2D eigenvalue weighted by molar-refractivity contribution is 0.171. The zero-order valence-electron chi connectivity index (χ0n) is 15.2. The highest BCUT2D eigenvalue weighted by atomic mass is 32.2. The van der Waals surface area contributed by atoms with Crippen LogP contribution in [0, 0.1) is 0 Å². The Morgan fingerprint density at radius 2 is 1.82 bits per heavy atom. The molecule has 0 atom stereocenters.